The zero-order chi connectivity index (χ0) is 27.9. The third-order valence-electron chi connectivity index (χ3n) is 6.46. The van der Waals surface area contributed by atoms with E-state index in [1.165, 1.54) is 12.0 Å². The highest BCUT2D eigenvalue weighted by Crippen LogP contribution is 2.39. The van der Waals surface area contributed by atoms with Crippen LogP contribution in [0.1, 0.15) is 50.8 Å². The minimum Gasteiger partial charge on any atom is -0.481 e. The van der Waals surface area contributed by atoms with Crippen LogP contribution >= 0.6 is 11.6 Å². The zero-order valence-electron chi connectivity index (χ0n) is 22.3. The first-order valence-corrected chi connectivity index (χ1v) is 13.0. The van der Waals surface area contributed by atoms with Gasteiger partial charge in [0, 0.05) is 18.7 Å². The van der Waals surface area contributed by atoms with Gasteiger partial charge < -0.3 is 24.6 Å². The summed E-state index contributed by atoms with van der Waals surface area (Å²) in [6, 6.07) is 16.5. The van der Waals surface area contributed by atoms with Crippen LogP contribution in [0.25, 0.3) is 5.57 Å². The van der Waals surface area contributed by atoms with E-state index in [1.54, 1.807) is 51.1 Å². The van der Waals surface area contributed by atoms with Gasteiger partial charge in [0.2, 0.25) is 0 Å². The van der Waals surface area contributed by atoms with Crippen molar-refractivity contribution in [2.24, 2.45) is 5.41 Å². The Hall–Kier alpha value is -3.13. The maximum absolute atomic E-state index is 13.0. The molecule has 1 aliphatic rings. The minimum absolute atomic E-state index is 0.0308. The Morgan fingerprint density at radius 1 is 1.13 bits per heavy atom. The third kappa shape index (κ3) is 7.47. The fraction of sp³-hybridized carbons (Fsp3) is 0.400. The van der Waals surface area contributed by atoms with E-state index < -0.39 is 35.3 Å². The molecule has 8 heteroatoms. The average Bonchev–Trinajstić information content (AvgIpc) is 2.87. The molecule has 7 nitrogen and oxygen atoms in total. The van der Waals surface area contributed by atoms with Crippen LogP contribution < -0.4 is 0 Å². The monoisotopic (exact) mass is 541 g/mol. The molecule has 0 saturated heterocycles. The first kappa shape index (κ1) is 29.4. The number of rotatable bonds is 10. The molecule has 0 bridgehead atoms. The predicted octanol–water partition coefficient (Wildman–Crippen LogP) is 6.13. The Labute approximate surface area is 229 Å². The quantitative estimate of drug-likeness (QED) is 0.375. The number of amides is 1. The number of carboxylic acids is 1. The lowest BCUT2D eigenvalue weighted by molar-refractivity contribution is -0.152. The molecule has 0 spiro atoms. The molecule has 0 fully saturated rings. The van der Waals surface area contributed by atoms with Gasteiger partial charge in [-0.05, 0) is 68.5 Å². The third-order valence-corrected chi connectivity index (χ3v) is 6.69. The number of allylic oxidation sites excluding steroid dienone is 2. The molecule has 3 atom stereocenters. The summed E-state index contributed by atoms with van der Waals surface area (Å²) in [6.45, 7) is 5.45. The van der Waals surface area contributed by atoms with Gasteiger partial charge in [-0.15, -0.1) is 0 Å². The summed E-state index contributed by atoms with van der Waals surface area (Å²) in [7, 11) is 1.50. The van der Waals surface area contributed by atoms with Crippen LogP contribution in [0.2, 0.25) is 5.02 Å². The molecule has 2 aromatic rings. The second kappa shape index (κ2) is 12.6. The van der Waals surface area contributed by atoms with Gasteiger partial charge in [0.1, 0.15) is 11.0 Å². The van der Waals surface area contributed by atoms with Crippen LogP contribution in [-0.4, -0.2) is 59.1 Å². The van der Waals surface area contributed by atoms with E-state index in [0.717, 1.165) is 11.1 Å². The van der Waals surface area contributed by atoms with Crippen LogP contribution in [0.5, 0.6) is 0 Å². The molecule has 38 heavy (non-hydrogen) atoms. The molecular weight excluding hydrogens is 506 g/mol. The number of benzene rings is 2. The highest BCUT2D eigenvalue weighted by Gasteiger charge is 2.45. The summed E-state index contributed by atoms with van der Waals surface area (Å²) in [5.41, 5.74) is 0.384. The summed E-state index contributed by atoms with van der Waals surface area (Å²) in [5.74, 6) is -1.01. The number of hydrogen-bond donors (Lipinski definition) is 2. The van der Waals surface area contributed by atoms with Crippen molar-refractivity contribution in [2.75, 3.05) is 20.2 Å². The number of aliphatic hydroxyl groups excluding tert-OH is 1. The van der Waals surface area contributed by atoms with Crippen LogP contribution in [-0.2, 0) is 14.3 Å². The van der Waals surface area contributed by atoms with Crippen LogP contribution in [0.4, 0.5) is 4.79 Å². The summed E-state index contributed by atoms with van der Waals surface area (Å²) < 4.78 is 11.2. The smallest absolute Gasteiger partial charge is 0.410 e. The van der Waals surface area contributed by atoms with Gasteiger partial charge in [-0.25, -0.2) is 4.79 Å². The molecular formula is C30H36ClNO6. The van der Waals surface area contributed by atoms with Crippen molar-refractivity contribution in [1.29, 1.82) is 0 Å². The highest BCUT2D eigenvalue weighted by molar-refractivity contribution is 6.30. The molecule has 2 aromatic carbocycles. The number of halogens is 1. The van der Waals surface area contributed by atoms with E-state index in [4.69, 9.17) is 21.1 Å². The lowest BCUT2D eigenvalue weighted by atomic mass is 9.73. The van der Waals surface area contributed by atoms with Crippen molar-refractivity contribution in [1.82, 2.24) is 4.90 Å². The molecule has 0 aliphatic heterocycles. The lowest BCUT2D eigenvalue weighted by Crippen LogP contribution is -2.44. The van der Waals surface area contributed by atoms with Crippen molar-refractivity contribution >= 4 is 29.2 Å². The molecule has 1 amide bonds. The number of methoxy groups -OCH3 is 1. The minimum atomic E-state index is -1.31. The number of ether oxygens (including phenoxy) is 2. The Balaban J connectivity index is 1.77. The van der Waals surface area contributed by atoms with Crippen molar-refractivity contribution in [2.45, 2.75) is 51.4 Å². The van der Waals surface area contributed by atoms with Gasteiger partial charge >= 0.3 is 12.1 Å². The normalized spacial score (nSPS) is 19.9. The SMILES string of the molecule is COC1C=C(c2ccccc2)C=CC1(CCCN(C[C@H](O)c1cccc(Cl)c1)C(=O)OC(C)(C)C)C(=O)O. The Bertz CT molecular complexity index is 1170. The Kier molecular flexibility index (Phi) is 9.77. The van der Waals surface area contributed by atoms with E-state index in [-0.39, 0.29) is 19.5 Å². The summed E-state index contributed by atoms with van der Waals surface area (Å²) >= 11 is 6.07. The van der Waals surface area contributed by atoms with Crippen molar-refractivity contribution in [3.8, 4) is 0 Å². The lowest BCUT2D eigenvalue weighted by Gasteiger charge is -2.36. The number of carbonyl (C=O) groups is 2. The molecule has 2 unspecified atom stereocenters. The summed E-state index contributed by atoms with van der Waals surface area (Å²) in [6.07, 6.45) is 3.60. The maximum atomic E-state index is 13.0. The van der Waals surface area contributed by atoms with Crippen LogP contribution in [0.3, 0.4) is 0 Å². The van der Waals surface area contributed by atoms with E-state index in [9.17, 15) is 19.8 Å². The number of carboxylic acid groups (broad SMARTS) is 1. The van der Waals surface area contributed by atoms with Gasteiger partial charge in [-0.1, -0.05) is 66.2 Å². The van der Waals surface area contributed by atoms with E-state index in [2.05, 4.69) is 0 Å². The Morgan fingerprint density at radius 3 is 2.45 bits per heavy atom. The average molecular weight is 542 g/mol. The largest absolute Gasteiger partial charge is 0.481 e. The van der Waals surface area contributed by atoms with Crippen LogP contribution in [0, 0.1) is 5.41 Å². The second-order valence-electron chi connectivity index (χ2n) is 10.4. The molecule has 0 aromatic heterocycles. The molecule has 204 valence electrons. The summed E-state index contributed by atoms with van der Waals surface area (Å²) in [5, 5.41) is 21.6. The number of aliphatic hydroxyl groups is 1. The molecule has 3 rings (SSSR count). The van der Waals surface area contributed by atoms with Gasteiger partial charge in [-0.2, -0.15) is 0 Å². The predicted molar refractivity (Wildman–Crippen MR) is 148 cm³/mol. The maximum Gasteiger partial charge on any atom is 0.410 e. The second-order valence-corrected chi connectivity index (χ2v) is 10.9. The van der Waals surface area contributed by atoms with Gasteiger partial charge in [0.05, 0.1) is 18.8 Å². The van der Waals surface area contributed by atoms with E-state index in [1.807, 2.05) is 42.5 Å². The number of carbonyl (C=O) groups excluding carboxylic acids is 1. The number of hydrogen-bond acceptors (Lipinski definition) is 5. The first-order chi connectivity index (χ1) is 17.9. The topological polar surface area (TPSA) is 96.3 Å². The number of aliphatic carboxylic acids is 1. The van der Waals surface area contributed by atoms with Crippen molar-refractivity contribution in [3.63, 3.8) is 0 Å². The molecule has 1 aliphatic carbocycles. The Morgan fingerprint density at radius 2 is 1.84 bits per heavy atom. The van der Waals surface area contributed by atoms with Crippen LogP contribution in [0.15, 0.2) is 72.8 Å². The molecule has 2 N–H and O–H groups in total. The fourth-order valence-corrected chi connectivity index (χ4v) is 4.70. The summed E-state index contributed by atoms with van der Waals surface area (Å²) in [4.78, 5) is 27.0. The zero-order valence-corrected chi connectivity index (χ0v) is 23.0. The number of nitrogens with zero attached hydrogens (tertiary/aromatic N) is 1. The molecule has 0 saturated carbocycles. The van der Waals surface area contributed by atoms with E-state index >= 15 is 0 Å². The standard InChI is InChI=1S/C30H36ClNO6/c1-29(2,3)38-28(36)32(20-25(33)23-12-8-13-24(31)18-23)17-9-15-30(27(34)35)16-14-22(19-26(30)37-4)21-10-6-5-7-11-21/h5-8,10-14,16,18-19,25-26,33H,9,15,17,20H2,1-4H3,(H,34,35)/t25-,26?,30?/m0/s1. The molecule has 0 radical (unpaired) electrons. The van der Waals surface area contributed by atoms with Crippen molar-refractivity contribution in [3.05, 3.63) is 89.0 Å². The highest BCUT2D eigenvalue weighted by atomic mass is 35.5. The van der Waals surface area contributed by atoms with Gasteiger partial charge in [0.25, 0.3) is 0 Å². The van der Waals surface area contributed by atoms with Crippen molar-refractivity contribution < 1.29 is 29.3 Å². The molecule has 0 heterocycles. The van der Waals surface area contributed by atoms with E-state index in [0.29, 0.717) is 17.0 Å². The fourth-order valence-electron chi connectivity index (χ4n) is 4.50. The van der Waals surface area contributed by atoms with Gasteiger partial charge in [0.15, 0.2) is 0 Å². The van der Waals surface area contributed by atoms with Gasteiger partial charge in [-0.3, -0.25) is 4.79 Å². The first-order valence-electron chi connectivity index (χ1n) is 12.6.